The molecular weight excluding hydrogens is 455 g/mol. The quantitative estimate of drug-likeness (QED) is 0.324. The third kappa shape index (κ3) is 4.71. The molecule has 0 saturated heterocycles. The van der Waals surface area contributed by atoms with Crippen LogP contribution >= 0.6 is 11.6 Å². The van der Waals surface area contributed by atoms with Gasteiger partial charge in [-0.15, -0.1) is 0 Å². The van der Waals surface area contributed by atoms with Crippen LogP contribution in [0.1, 0.15) is 29.7 Å². The van der Waals surface area contributed by atoms with E-state index in [0.29, 0.717) is 28.9 Å². The van der Waals surface area contributed by atoms with Gasteiger partial charge < -0.3 is 4.74 Å². The van der Waals surface area contributed by atoms with Crippen molar-refractivity contribution < 1.29 is 22.7 Å². The first-order valence-corrected chi connectivity index (χ1v) is 10.6. The Hall–Kier alpha value is -3.39. The molecule has 1 atom stereocenters. The number of benzene rings is 2. The van der Waals surface area contributed by atoms with Crippen molar-refractivity contribution in [1.82, 2.24) is 14.6 Å². The zero-order chi connectivity index (χ0) is 23.6. The summed E-state index contributed by atoms with van der Waals surface area (Å²) in [7, 11) is 0. The fourth-order valence-corrected chi connectivity index (χ4v) is 3.93. The number of fused-ring (bicyclic) bond motifs is 1. The molecule has 1 unspecified atom stereocenters. The molecule has 4 rings (SSSR count). The second-order valence-electron chi connectivity index (χ2n) is 7.35. The standard InChI is InChI=1S/C24H19ClF3N3O2/c1-2-33-23(32)18(12-15-6-4-3-5-7-15)21-20(25)14-29-22-19(13-30-31(21)22)16-8-10-17(11-9-16)24(26,27)28/h3-11,13-14,18H,2,12H2,1H3. The number of nitrogens with zero attached hydrogens (tertiary/aromatic N) is 3. The number of hydrogen-bond acceptors (Lipinski definition) is 4. The minimum absolute atomic E-state index is 0.200. The van der Waals surface area contributed by atoms with Crippen molar-refractivity contribution in [3.8, 4) is 11.1 Å². The molecule has 0 spiro atoms. The number of aromatic nitrogens is 3. The Morgan fingerprint density at radius 2 is 1.79 bits per heavy atom. The van der Waals surface area contributed by atoms with Gasteiger partial charge in [0.15, 0.2) is 5.65 Å². The summed E-state index contributed by atoms with van der Waals surface area (Å²) in [5.41, 5.74) is 1.97. The van der Waals surface area contributed by atoms with E-state index >= 15 is 0 Å². The summed E-state index contributed by atoms with van der Waals surface area (Å²) in [6.45, 7) is 1.92. The zero-order valence-corrected chi connectivity index (χ0v) is 18.3. The number of alkyl halides is 3. The van der Waals surface area contributed by atoms with E-state index in [4.69, 9.17) is 16.3 Å². The van der Waals surface area contributed by atoms with Crippen LogP contribution in [0.3, 0.4) is 0 Å². The van der Waals surface area contributed by atoms with E-state index in [-0.39, 0.29) is 11.6 Å². The summed E-state index contributed by atoms with van der Waals surface area (Å²) in [6, 6.07) is 14.2. The van der Waals surface area contributed by atoms with Crippen LogP contribution in [0.4, 0.5) is 13.2 Å². The SMILES string of the molecule is CCOC(=O)C(Cc1ccccc1)c1c(Cl)cnc2c(-c3ccc(C(F)(F)F)cc3)cnn12. The van der Waals surface area contributed by atoms with Gasteiger partial charge in [-0.05, 0) is 36.6 Å². The predicted molar refractivity (Wildman–Crippen MR) is 118 cm³/mol. The third-order valence-corrected chi connectivity index (χ3v) is 5.52. The second-order valence-corrected chi connectivity index (χ2v) is 7.76. The molecule has 4 aromatic rings. The molecule has 9 heteroatoms. The number of esters is 1. The molecule has 170 valence electrons. The molecule has 2 aromatic carbocycles. The molecule has 0 bridgehead atoms. The van der Waals surface area contributed by atoms with Gasteiger partial charge in [-0.3, -0.25) is 4.79 Å². The average molecular weight is 474 g/mol. The lowest BCUT2D eigenvalue weighted by atomic mass is 9.95. The summed E-state index contributed by atoms with van der Waals surface area (Å²) in [5, 5.41) is 4.61. The lowest BCUT2D eigenvalue weighted by Gasteiger charge is -2.18. The van der Waals surface area contributed by atoms with E-state index in [1.807, 2.05) is 30.3 Å². The molecule has 2 heterocycles. The number of hydrogen-bond donors (Lipinski definition) is 0. The summed E-state index contributed by atoms with van der Waals surface area (Å²) in [4.78, 5) is 17.2. The third-order valence-electron chi connectivity index (χ3n) is 5.22. The maximum atomic E-state index is 12.9. The highest BCUT2D eigenvalue weighted by molar-refractivity contribution is 6.31. The van der Waals surface area contributed by atoms with Crippen LogP contribution in [0.2, 0.25) is 5.02 Å². The Morgan fingerprint density at radius 1 is 1.09 bits per heavy atom. The van der Waals surface area contributed by atoms with Gasteiger partial charge in [0.05, 0.1) is 29.1 Å². The van der Waals surface area contributed by atoms with Crippen molar-refractivity contribution in [2.24, 2.45) is 0 Å². The lowest BCUT2D eigenvalue weighted by molar-refractivity contribution is -0.145. The molecule has 0 aliphatic carbocycles. The molecule has 0 saturated carbocycles. The first-order valence-electron chi connectivity index (χ1n) is 10.2. The molecule has 0 aliphatic rings. The number of carbonyl (C=O) groups excluding carboxylic acids is 1. The number of rotatable bonds is 6. The normalized spacial score (nSPS) is 12.6. The van der Waals surface area contributed by atoms with Crippen LogP contribution in [0, 0.1) is 0 Å². The summed E-state index contributed by atoms with van der Waals surface area (Å²) >= 11 is 6.48. The van der Waals surface area contributed by atoms with Crippen molar-refractivity contribution in [1.29, 1.82) is 0 Å². The number of halogens is 4. The van der Waals surface area contributed by atoms with Crippen LogP contribution in [-0.2, 0) is 22.1 Å². The van der Waals surface area contributed by atoms with E-state index in [9.17, 15) is 18.0 Å². The summed E-state index contributed by atoms with van der Waals surface area (Å²) in [5.74, 6) is -1.21. The highest BCUT2D eigenvalue weighted by Crippen LogP contribution is 2.34. The van der Waals surface area contributed by atoms with Crippen LogP contribution in [-0.4, -0.2) is 27.2 Å². The van der Waals surface area contributed by atoms with Crippen LogP contribution in [0.5, 0.6) is 0 Å². The Bertz CT molecular complexity index is 1270. The molecule has 0 amide bonds. The molecule has 0 fully saturated rings. The topological polar surface area (TPSA) is 56.5 Å². The molecule has 0 aliphatic heterocycles. The lowest BCUT2D eigenvalue weighted by Crippen LogP contribution is -2.22. The van der Waals surface area contributed by atoms with Crippen molar-refractivity contribution in [3.05, 3.63) is 88.8 Å². The molecular formula is C24H19ClF3N3O2. The highest BCUT2D eigenvalue weighted by Gasteiger charge is 2.31. The maximum absolute atomic E-state index is 12.9. The Balaban J connectivity index is 1.81. The predicted octanol–water partition coefficient (Wildman–Crippen LogP) is 5.96. The van der Waals surface area contributed by atoms with Crippen molar-refractivity contribution in [2.45, 2.75) is 25.4 Å². The van der Waals surface area contributed by atoms with Gasteiger partial charge in [0.1, 0.15) is 5.92 Å². The fraction of sp³-hybridized carbons (Fsp3) is 0.208. The van der Waals surface area contributed by atoms with E-state index < -0.39 is 23.6 Å². The van der Waals surface area contributed by atoms with Crippen molar-refractivity contribution in [2.75, 3.05) is 6.61 Å². The Morgan fingerprint density at radius 3 is 2.42 bits per heavy atom. The van der Waals surface area contributed by atoms with Crippen molar-refractivity contribution >= 4 is 23.2 Å². The monoisotopic (exact) mass is 473 g/mol. The Labute approximate surface area is 192 Å². The minimum Gasteiger partial charge on any atom is -0.465 e. The van der Waals surface area contributed by atoms with Gasteiger partial charge in [-0.25, -0.2) is 9.50 Å². The minimum atomic E-state index is -4.43. The molecule has 2 aromatic heterocycles. The van der Waals surface area contributed by atoms with E-state index in [2.05, 4.69) is 10.1 Å². The van der Waals surface area contributed by atoms with Gasteiger partial charge in [0.2, 0.25) is 0 Å². The molecule has 0 radical (unpaired) electrons. The van der Waals surface area contributed by atoms with E-state index in [1.165, 1.54) is 29.0 Å². The molecule has 5 nitrogen and oxygen atoms in total. The van der Waals surface area contributed by atoms with Crippen LogP contribution in [0.25, 0.3) is 16.8 Å². The van der Waals surface area contributed by atoms with E-state index in [0.717, 1.165) is 17.7 Å². The summed E-state index contributed by atoms with van der Waals surface area (Å²) < 4.78 is 45.6. The van der Waals surface area contributed by atoms with Gasteiger partial charge in [0, 0.05) is 11.8 Å². The van der Waals surface area contributed by atoms with Gasteiger partial charge in [-0.1, -0.05) is 54.1 Å². The molecule has 33 heavy (non-hydrogen) atoms. The smallest absolute Gasteiger partial charge is 0.416 e. The first kappa shape index (κ1) is 22.8. The maximum Gasteiger partial charge on any atom is 0.416 e. The van der Waals surface area contributed by atoms with E-state index in [1.54, 1.807) is 6.92 Å². The van der Waals surface area contributed by atoms with Gasteiger partial charge in [-0.2, -0.15) is 18.3 Å². The fourth-order valence-electron chi connectivity index (χ4n) is 3.67. The van der Waals surface area contributed by atoms with Crippen molar-refractivity contribution in [3.63, 3.8) is 0 Å². The Kier molecular flexibility index (Phi) is 6.37. The summed E-state index contributed by atoms with van der Waals surface area (Å²) in [6.07, 6.45) is -1.19. The number of carbonyl (C=O) groups is 1. The van der Waals surface area contributed by atoms with Crippen LogP contribution in [0.15, 0.2) is 67.0 Å². The zero-order valence-electron chi connectivity index (χ0n) is 17.5. The largest absolute Gasteiger partial charge is 0.465 e. The van der Waals surface area contributed by atoms with Gasteiger partial charge in [0.25, 0.3) is 0 Å². The second kappa shape index (κ2) is 9.23. The van der Waals surface area contributed by atoms with Crippen LogP contribution < -0.4 is 0 Å². The highest BCUT2D eigenvalue weighted by atomic mass is 35.5. The van der Waals surface area contributed by atoms with Gasteiger partial charge >= 0.3 is 12.1 Å². The first-order chi connectivity index (χ1) is 15.8. The molecule has 0 N–H and O–H groups in total. The average Bonchev–Trinajstić information content (AvgIpc) is 3.22. The number of ether oxygens (including phenoxy) is 1.